The molecule has 0 bridgehead atoms. The molecule has 5 aromatic rings. The minimum absolute atomic E-state index is 0.153. The van der Waals surface area contributed by atoms with Crippen molar-refractivity contribution in [1.29, 1.82) is 5.26 Å². The summed E-state index contributed by atoms with van der Waals surface area (Å²) in [6.07, 6.45) is 3.44. The average molecular weight is 481 g/mol. The fraction of sp³-hybridized carbons (Fsp3) is 0.111. The molecule has 172 valence electrons. The molecule has 3 aromatic heterocycles. The zero-order valence-corrected chi connectivity index (χ0v) is 19.9. The summed E-state index contributed by atoms with van der Waals surface area (Å²) >= 11 is 6.16. The number of nitrogens with zero attached hydrogens (tertiary/aromatic N) is 5. The topological polar surface area (TPSA) is 103 Å². The summed E-state index contributed by atoms with van der Waals surface area (Å²) in [6.45, 7) is 0. The number of pyridine rings is 2. The molecule has 2 N–H and O–H groups in total. The Morgan fingerprint density at radius 2 is 1.77 bits per heavy atom. The van der Waals surface area contributed by atoms with Crippen LogP contribution >= 0.6 is 11.6 Å². The van der Waals surface area contributed by atoms with Crippen molar-refractivity contribution in [3.63, 3.8) is 0 Å². The maximum absolute atomic E-state index is 12.7. The number of aryl methyl sites for hydroxylation is 2. The van der Waals surface area contributed by atoms with Gasteiger partial charge in [-0.3, -0.25) is 4.79 Å². The molecule has 0 aliphatic heterocycles. The highest BCUT2D eigenvalue weighted by molar-refractivity contribution is 6.29. The molecule has 8 heteroatoms. The number of halogens is 1. The molecular formula is C27H21ClN6O. The first-order valence-electron chi connectivity index (χ1n) is 10.9. The summed E-state index contributed by atoms with van der Waals surface area (Å²) in [5.74, 6) is 0. The number of aromatic nitrogens is 4. The lowest BCUT2D eigenvalue weighted by Crippen LogP contribution is -2.41. The molecule has 0 radical (unpaired) electrons. The fourth-order valence-corrected chi connectivity index (χ4v) is 4.65. The van der Waals surface area contributed by atoms with Crippen molar-refractivity contribution in [3.8, 4) is 17.3 Å². The monoisotopic (exact) mass is 480 g/mol. The van der Waals surface area contributed by atoms with E-state index in [4.69, 9.17) is 17.3 Å². The minimum Gasteiger partial charge on any atom is -0.336 e. The molecule has 0 spiro atoms. The molecule has 3 heterocycles. The molecule has 0 saturated heterocycles. The Balaban J connectivity index is 1.83. The minimum atomic E-state index is -1.08. The number of hydrogen-bond acceptors (Lipinski definition) is 5. The van der Waals surface area contributed by atoms with Crippen LogP contribution in [0.15, 0.2) is 84.0 Å². The van der Waals surface area contributed by atoms with Gasteiger partial charge < -0.3 is 14.9 Å². The molecule has 1 atom stereocenters. The summed E-state index contributed by atoms with van der Waals surface area (Å²) in [4.78, 5) is 21.5. The lowest BCUT2D eigenvalue weighted by Gasteiger charge is -2.31. The van der Waals surface area contributed by atoms with Gasteiger partial charge in [-0.1, -0.05) is 35.9 Å². The number of nitrogens with two attached hydrogens (primary N) is 1. The van der Waals surface area contributed by atoms with E-state index < -0.39 is 5.54 Å². The van der Waals surface area contributed by atoms with Crippen LogP contribution in [-0.2, 0) is 19.6 Å². The van der Waals surface area contributed by atoms with Gasteiger partial charge in [0.2, 0.25) is 0 Å². The largest absolute Gasteiger partial charge is 0.336 e. The van der Waals surface area contributed by atoms with Crippen molar-refractivity contribution in [3.05, 3.63) is 117 Å². The Labute approximate surface area is 206 Å². The highest BCUT2D eigenvalue weighted by atomic mass is 35.5. The smallest absolute Gasteiger partial charge is 0.251 e. The molecule has 0 saturated carbocycles. The highest BCUT2D eigenvalue weighted by Crippen LogP contribution is 2.37. The van der Waals surface area contributed by atoms with E-state index in [-0.39, 0.29) is 5.56 Å². The summed E-state index contributed by atoms with van der Waals surface area (Å²) in [7, 11) is 3.62. The number of imidazole rings is 1. The molecule has 2 aromatic carbocycles. The third-order valence-electron chi connectivity index (χ3n) is 6.38. The second kappa shape index (κ2) is 8.51. The Bertz CT molecular complexity index is 1680. The summed E-state index contributed by atoms with van der Waals surface area (Å²) in [5.41, 5.74) is 10.9. The Hall–Kier alpha value is -4.25. The van der Waals surface area contributed by atoms with Gasteiger partial charge >= 0.3 is 0 Å². The van der Waals surface area contributed by atoms with Gasteiger partial charge in [0.1, 0.15) is 10.7 Å². The zero-order chi connectivity index (χ0) is 24.7. The molecular weight excluding hydrogens is 460 g/mol. The van der Waals surface area contributed by atoms with E-state index in [2.05, 4.69) is 16.0 Å². The van der Waals surface area contributed by atoms with Crippen molar-refractivity contribution >= 4 is 22.5 Å². The molecule has 0 aliphatic rings. The van der Waals surface area contributed by atoms with Crippen LogP contribution in [0.25, 0.3) is 22.2 Å². The number of hydrogen-bond donors (Lipinski definition) is 1. The van der Waals surface area contributed by atoms with Crippen LogP contribution in [0.1, 0.15) is 22.4 Å². The van der Waals surface area contributed by atoms with Crippen LogP contribution in [0, 0.1) is 11.3 Å². The normalized spacial score (nSPS) is 12.9. The van der Waals surface area contributed by atoms with Crippen LogP contribution in [0.3, 0.4) is 0 Å². The third-order valence-corrected chi connectivity index (χ3v) is 6.59. The van der Waals surface area contributed by atoms with Crippen LogP contribution in [0.2, 0.25) is 5.15 Å². The van der Waals surface area contributed by atoms with Gasteiger partial charge in [0, 0.05) is 31.1 Å². The quantitative estimate of drug-likeness (QED) is 0.390. The SMILES string of the molecule is Cn1cncc1[C@@](N)(c1ccc(C#N)cc1)c1ccc2c(c1)c(-c1cccc(Cl)n1)cc(=O)n2C. The third kappa shape index (κ3) is 3.69. The van der Waals surface area contributed by atoms with E-state index >= 15 is 0 Å². The van der Waals surface area contributed by atoms with Crippen LogP contribution in [-0.4, -0.2) is 19.1 Å². The van der Waals surface area contributed by atoms with Crippen molar-refractivity contribution in [2.45, 2.75) is 5.54 Å². The van der Waals surface area contributed by atoms with Crippen LogP contribution in [0.5, 0.6) is 0 Å². The standard InChI is InChI=1S/C27H21ClN6O/c1-33-16-31-15-24(33)27(30,18-8-6-17(14-29)7-9-18)19-10-11-23-21(12-19)20(13-26(35)34(23)2)22-4-3-5-25(28)32-22/h3-13,15-16H,30H2,1-2H3/t27-/m1/s1. The maximum atomic E-state index is 12.7. The molecule has 35 heavy (non-hydrogen) atoms. The predicted molar refractivity (Wildman–Crippen MR) is 136 cm³/mol. The first kappa shape index (κ1) is 22.5. The van der Waals surface area contributed by atoms with Gasteiger partial charge in [-0.2, -0.15) is 5.26 Å². The Morgan fingerprint density at radius 3 is 2.43 bits per heavy atom. The summed E-state index contributed by atoms with van der Waals surface area (Å²) < 4.78 is 3.47. The van der Waals surface area contributed by atoms with E-state index in [9.17, 15) is 10.1 Å². The van der Waals surface area contributed by atoms with Crippen molar-refractivity contribution in [2.75, 3.05) is 0 Å². The van der Waals surface area contributed by atoms with Gasteiger partial charge in [0.25, 0.3) is 5.56 Å². The molecule has 0 amide bonds. The van der Waals surface area contributed by atoms with Crippen LogP contribution < -0.4 is 11.3 Å². The van der Waals surface area contributed by atoms with Crippen molar-refractivity contribution in [1.82, 2.24) is 19.1 Å². The number of benzene rings is 2. The summed E-state index contributed by atoms with van der Waals surface area (Å²) in [5, 5.41) is 10.4. The van der Waals surface area contributed by atoms with Gasteiger partial charge in [0.15, 0.2) is 0 Å². The Morgan fingerprint density at radius 1 is 1.03 bits per heavy atom. The van der Waals surface area contributed by atoms with Gasteiger partial charge in [-0.15, -0.1) is 0 Å². The van der Waals surface area contributed by atoms with Gasteiger partial charge in [-0.05, 0) is 47.5 Å². The zero-order valence-electron chi connectivity index (χ0n) is 19.1. The summed E-state index contributed by atoms with van der Waals surface area (Å²) in [6, 6.07) is 22.0. The number of rotatable bonds is 4. The lowest BCUT2D eigenvalue weighted by atomic mass is 9.80. The highest BCUT2D eigenvalue weighted by Gasteiger charge is 2.35. The molecule has 7 nitrogen and oxygen atoms in total. The second-order valence-electron chi connectivity index (χ2n) is 8.42. The van der Waals surface area contributed by atoms with E-state index in [1.807, 2.05) is 48.0 Å². The predicted octanol–water partition coefficient (Wildman–Crippen LogP) is 4.11. The first-order valence-corrected chi connectivity index (χ1v) is 11.2. The lowest BCUT2D eigenvalue weighted by molar-refractivity contribution is 0.596. The number of nitriles is 1. The molecule has 0 fully saturated rings. The fourth-order valence-electron chi connectivity index (χ4n) is 4.48. The maximum Gasteiger partial charge on any atom is 0.251 e. The average Bonchev–Trinajstić information content (AvgIpc) is 3.31. The second-order valence-corrected chi connectivity index (χ2v) is 8.81. The molecule has 5 rings (SSSR count). The van der Waals surface area contributed by atoms with E-state index in [0.29, 0.717) is 22.0 Å². The number of fused-ring (bicyclic) bond motifs is 1. The van der Waals surface area contributed by atoms with Gasteiger partial charge in [-0.25, -0.2) is 9.97 Å². The van der Waals surface area contributed by atoms with E-state index in [0.717, 1.165) is 27.7 Å². The molecule has 0 unspecified atom stereocenters. The molecule has 0 aliphatic carbocycles. The van der Waals surface area contributed by atoms with Crippen molar-refractivity contribution < 1.29 is 0 Å². The van der Waals surface area contributed by atoms with Crippen molar-refractivity contribution in [2.24, 2.45) is 19.8 Å². The first-order chi connectivity index (χ1) is 16.8. The van der Waals surface area contributed by atoms with Gasteiger partial charge in [0.05, 0.1) is 41.1 Å². The van der Waals surface area contributed by atoms with Crippen LogP contribution in [0.4, 0.5) is 0 Å². The van der Waals surface area contributed by atoms with E-state index in [1.165, 1.54) is 0 Å². The Kier molecular flexibility index (Phi) is 5.48. The van der Waals surface area contributed by atoms with E-state index in [1.54, 1.807) is 54.5 Å².